The van der Waals surface area contributed by atoms with E-state index < -0.39 is 5.82 Å². The van der Waals surface area contributed by atoms with Crippen molar-refractivity contribution in [2.24, 2.45) is 0 Å². The SMILES string of the molecule is O=CNCc1ncc(F)cc1Cl. The Morgan fingerprint density at radius 1 is 1.75 bits per heavy atom. The molecule has 0 bridgehead atoms. The lowest BCUT2D eigenvalue weighted by Crippen LogP contribution is -2.11. The van der Waals surface area contributed by atoms with Gasteiger partial charge in [0.1, 0.15) is 5.82 Å². The fourth-order valence-corrected chi connectivity index (χ4v) is 0.931. The molecule has 0 saturated heterocycles. The smallest absolute Gasteiger partial charge is 0.207 e. The highest BCUT2D eigenvalue weighted by Gasteiger charge is 2.01. The predicted molar refractivity (Wildman–Crippen MR) is 42.1 cm³/mol. The van der Waals surface area contributed by atoms with Crippen LogP contribution >= 0.6 is 11.6 Å². The Kier molecular flexibility index (Phi) is 2.99. The van der Waals surface area contributed by atoms with Gasteiger partial charge in [0.2, 0.25) is 6.41 Å². The van der Waals surface area contributed by atoms with E-state index in [1.807, 2.05) is 0 Å². The Labute approximate surface area is 73.6 Å². The van der Waals surface area contributed by atoms with E-state index in [-0.39, 0.29) is 11.6 Å². The monoisotopic (exact) mass is 188 g/mol. The van der Waals surface area contributed by atoms with Gasteiger partial charge in [-0.2, -0.15) is 0 Å². The summed E-state index contributed by atoms with van der Waals surface area (Å²) in [5.41, 5.74) is 0.449. The second-order valence-corrected chi connectivity index (χ2v) is 2.49. The molecule has 1 aromatic heterocycles. The predicted octanol–water partition coefficient (Wildman–Crippen LogP) is 1.12. The normalized spacial score (nSPS) is 9.50. The number of pyridine rings is 1. The quantitative estimate of drug-likeness (QED) is 0.723. The van der Waals surface area contributed by atoms with Gasteiger partial charge < -0.3 is 5.32 Å². The number of amides is 1. The zero-order valence-electron chi connectivity index (χ0n) is 6.05. The number of hydrogen-bond donors (Lipinski definition) is 1. The van der Waals surface area contributed by atoms with E-state index in [0.29, 0.717) is 12.1 Å². The third kappa shape index (κ3) is 2.17. The van der Waals surface area contributed by atoms with Crippen LogP contribution in [-0.4, -0.2) is 11.4 Å². The lowest BCUT2D eigenvalue weighted by molar-refractivity contribution is -0.109. The zero-order chi connectivity index (χ0) is 8.97. The van der Waals surface area contributed by atoms with E-state index in [0.717, 1.165) is 12.3 Å². The molecule has 1 aromatic rings. The van der Waals surface area contributed by atoms with Gasteiger partial charge in [-0.3, -0.25) is 9.78 Å². The van der Waals surface area contributed by atoms with Gasteiger partial charge in [-0.25, -0.2) is 4.39 Å². The second-order valence-electron chi connectivity index (χ2n) is 2.08. The highest BCUT2D eigenvalue weighted by atomic mass is 35.5. The van der Waals surface area contributed by atoms with Gasteiger partial charge in [0.15, 0.2) is 0 Å². The largest absolute Gasteiger partial charge is 0.353 e. The van der Waals surface area contributed by atoms with Crippen LogP contribution in [0.15, 0.2) is 12.3 Å². The van der Waals surface area contributed by atoms with Crippen molar-refractivity contribution in [2.75, 3.05) is 0 Å². The van der Waals surface area contributed by atoms with Crippen LogP contribution in [0.1, 0.15) is 5.69 Å². The minimum Gasteiger partial charge on any atom is -0.353 e. The number of carbonyl (C=O) groups is 1. The fourth-order valence-electron chi connectivity index (χ4n) is 0.711. The van der Waals surface area contributed by atoms with Crippen molar-refractivity contribution in [1.29, 1.82) is 0 Å². The van der Waals surface area contributed by atoms with Crippen molar-refractivity contribution in [3.63, 3.8) is 0 Å². The first-order valence-corrected chi connectivity index (χ1v) is 3.59. The van der Waals surface area contributed by atoms with Gasteiger partial charge in [0.25, 0.3) is 0 Å². The molecule has 1 N–H and O–H groups in total. The molecule has 0 radical (unpaired) electrons. The maximum Gasteiger partial charge on any atom is 0.207 e. The molecular formula is C7H6ClFN2O. The summed E-state index contributed by atoms with van der Waals surface area (Å²) in [5, 5.41) is 2.59. The third-order valence-electron chi connectivity index (χ3n) is 1.24. The van der Waals surface area contributed by atoms with Crippen LogP contribution in [-0.2, 0) is 11.3 Å². The van der Waals surface area contributed by atoms with Gasteiger partial charge in [-0.1, -0.05) is 11.6 Å². The van der Waals surface area contributed by atoms with Gasteiger partial charge in [0, 0.05) is 0 Å². The van der Waals surface area contributed by atoms with E-state index in [4.69, 9.17) is 11.6 Å². The van der Waals surface area contributed by atoms with E-state index in [1.54, 1.807) is 0 Å². The molecule has 0 unspecified atom stereocenters. The Morgan fingerprint density at radius 3 is 3.08 bits per heavy atom. The first-order valence-electron chi connectivity index (χ1n) is 3.21. The zero-order valence-corrected chi connectivity index (χ0v) is 6.81. The molecule has 0 atom stereocenters. The van der Waals surface area contributed by atoms with Crippen molar-refractivity contribution >= 4 is 18.0 Å². The fraction of sp³-hybridized carbons (Fsp3) is 0.143. The standard InChI is InChI=1S/C7H6ClFN2O/c8-6-1-5(9)2-11-7(6)3-10-4-12/h1-2,4H,3H2,(H,10,12). The highest BCUT2D eigenvalue weighted by Crippen LogP contribution is 2.13. The number of nitrogens with zero attached hydrogens (tertiary/aromatic N) is 1. The number of carbonyl (C=O) groups excluding carboxylic acids is 1. The molecule has 0 aliphatic carbocycles. The van der Waals surface area contributed by atoms with Crippen molar-refractivity contribution in [3.05, 3.63) is 28.8 Å². The molecule has 0 aliphatic rings. The molecule has 0 spiro atoms. The molecule has 0 fully saturated rings. The van der Waals surface area contributed by atoms with Crippen LogP contribution in [0.5, 0.6) is 0 Å². The molecule has 64 valence electrons. The van der Waals surface area contributed by atoms with Gasteiger partial charge >= 0.3 is 0 Å². The van der Waals surface area contributed by atoms with E-state index in [9.17, 15) is 9.18 Å². The topological polar surface area (TPSA) is 42.0 Å². The maximum atomic E-state index is 12.4. The minimum atomic E-state index is -0.491. The second kappa shape index (κ2) is 4.01. The van der Waals surface area contributed by atoms with Crippen molar-refractivity contribution in [1.82, 2.24) is 10.3 Å². The first-order chi connectivity index (χ1) is 5.74. The number of rotatable bonds is 3. The summed E-state index contributed by atoms with van der Waals surface area (Å²) in [6.45, 7) is 0.211. The van der Waals surface area contributed by atoms with Crippen molar-refractivity contribution in [2.45, 2.75) is 6.54 Å². The molecule has 0 saturated carbocycles. The average molecular weight is 189 g/mol. The lowest BCUT2D eigenvalue weighted by Gasteiger charge is -2.00. The minimum absolute atomic E-state index is 0.211. The summed E-state index contributed by atoms with van der Waals surface area (Å²) in [6.07, 6.45) is 1.58. The van der Waals surface area contributed by atoms with E-state index in [1.165, 1.54) is 0 Å². The van der Waals surface area contributed by atoms with E-state index >= 15 is 0 Å². The first kappa shape index (κ1) is 8.93. The average Bonchev–Trinajstić information content (AvgIpc) is 2.03. The Balaban J connectivity index is 2.78. The molecule has 1 heterocycles. The third-order valence-corrected chi connectivity index (χ3v) is 1.56. The summed E-state index contributed by atoms with van der Waals surface area (Å²) in [4.78, 5) is 13.6. The number of nitrogens with one attached hydrogen (secondary N) is 1. The number of aromatic nitrogens is 1. The molecular weight excluding hydrogens is 183 g/mol. The van der Waals surface area contributed by atoms with Gasteiger partial charge in [-0.05, 0) is 6.07 Å². The van der Waals surface area contributed by atoms with Crippen LogP contribution in [0.3, 0.4) is 0 Å². The Hall–Kier alpha value is -1.16. The summed E-state index contributed by atoms with van der Waals surface area (Å²) in [5.74, 6) is -0.491. The molecule has 0 aromatic carbocycles. The molecule has 5 heteroatoms. The van der Waals surface area contributed by atoms with Gasteiger partial charge in [-0.15, -0.1) is 0 Å². The highest BCUT2D eigenvalue weighted by molar-refractivity contribution is 6.31. The van der Waals surface area contributed by atoms with Crippen LogP contribution in [0.2, 0.25) is 5.02 Å². The number of halogens is 2. The van der Waals surface area contributed by atoms with Crippen molar-refractivity contribution < 1.29 is 9.18 Å². The Bertz CT molecular complexity index is 293. The van der Waals surface area contributed by atoms with Crippen LogP contribution < -0.4 is 5.32 Å². The molecule has 12 heavy (non-hydrogen) atoms. The summed E-state index contributed by atoms with van der Waals surface area (Å²) < 4.78 is 12.4. The molecule has 0 aliphatic heterocycles. The number of hydrogen-bond acceptors (Lipinski definition) is 2. The lowest BCUT2D eigenvalue weighted by atomic mass is 10.3. The summed E-state index contributed by atoms with van der Waals surface area (Å²) >= 11 is 5.61. The molecule has 3 nitrogen and oxygen atoms in total. The van der Waals surface area contributed by atoms with Crippen LogP contribution in [0, 0.1) is 5.82 Å². The summed E-state index contributed by atoms with van der Waals surface area (Å²) in [6, 6.07) is 1.15. The Morgan fingerprint density at radius 2 is 2.50 bits per heavy atom. The summed E-state index contributed by atoms with van der Waals surface area (Å²) in [7, 11) is 0. The molecule has 1 amide bonds. The maximum absolute atomic E-state index is 12.4. The van der Waals surface area contributed by atoms with Crippen LogP contribution in [0.4, 0.5) is 4.39 Å². The van der Waals surface area contributed by atoms with Crippen molar-refractivity contribution in [3.8, 4) is 0 Å². The van der Waals surface area contributed by atoms with Gasteiger partial charge in [0.05, 0.1) is 23.5 Å². The van der Waals surface area contributed by atoms with E-state index in [2.05, 4.69) is 10.3 Å². The molecule has 1 rings (SSSR count). The van der Waals surface area contributed by atoms with Crippen LogP contribution in [0.25, 0.3) is 0 Å².